The lowest BCUT2D eigenvalue weighted by molar-refractivity contribution is 0.198. The third-order valence-corrected chi connectivity index (χ3v) is 2.95. The number of aryl methyl sites for hydroxylation is 2. The molecular weight excluding hydrogens is 186 g/mol. The van der Waals surface area contributed by atoms with Crippen molar-refractivity contribution in [2.45, 2.75) is 25.7 Å². The summed E-state index contributed by atoms with van der Waals surface area (Å²) in [5.74, 6) is 0. The molecule has 2 nitrogen and oxygen atoms in total. The van der Waals surface area contributed by atoms with E-state index in [0.717, 1.165) is 19.6 Å². The molecule has 0 bridgehead atoms. The Kier molecular flexibility index (Phi) is 3.62. The first-order valence-corrected chi connectivity index (χ1v) is 5.75. The molecule has 1 aliphatic rings. The average molecular weight is 205 g/mol. The van der Waals surface area contributed by atoms with Gasteiger partial charge in [0.15, 0.2) is 0 Å². The summed E-state index contributed by atoms with van der Waals surface area (Å²) in [6.07, 6.45) is 4.90. The van der Waals surface area contributed by atoms with Gasteiger partial charge in [0.2, 0.25) is 0 Å². The van der Waals surface area contributed by atoms with E-state index in [4.69, 9.17) is 4.74 Å². The molecule has 0 saturated carbocycles. The van der Waals surface area contributed by atoms with E-state index in [9.17, 15) is 0 Å². The molecule has 2 rings (SSSR count). The third kappa shape index (κ3) is 2.72. The maximum atomic E-state index is 5.01. The monoisotopic (exact) mass is 205 g/mol. The van der Waals surface area contributed by atoms with Crippen LogP contribution in [0, 0.1) is 0 Å². The van der Waals surface area contributed by atoms with Crippen molar-refractivity contribution >= 4 is 5.69 Å². The largest absolute Gasteiger partial charge is 0.385 e. The van der Waals surface area contributed by atoms with Gasteiger partial charge in [0.25, 0.3) is 0 Å². The van der Waals surface area contributed by atoms with Crippen LogP contribution in [-0.2, 0) is 17.6 Å². The van der Waals surface area contributed by atoms with Crippen molar-refractivity contribution in [3.05, 3.63) is 29.3 Å². The number of anilines is 1. The van der Waals surface area contributed by atoms with Crippen LogP contribution >= 0.6 is 0 Å². The van der Waals surface area contributed by atoms with Gasteiger partial charge in [0, 0.05) is 25.9 Å². The SMILES string of the molecule is COCCCNc1ccc2c(c1)CCC2. The van der Waals surface area contributed by atoms with Gasteiger partial charge in [0.05, 0.1) is 0 Å². The second-order valence-corrected chi connectivity index (χ2v) is 4.11. The molecule has 82 valence electrons. The summed E-state index contributed by atoms with van der Waals surface area (Å²) < 4.78 is 5.01. The van der Waals surface area contributed by atoms with E-state index < -0.39 is 0 Å². The maximum Gasteiger partial charge on any atom is 0.0479 e. The van der Waals surface area contributed by atoms with Crippen LogP contribution < -0.4 is 5.32 Å². The van der Waals surface area contributed by atoms with Crippen LogP contribution in [0.15, 0.2) is 18.2 Å². The molecular formula is C13H19NO. The van der Waals surface area contributed by atoms with Crippen molar-refractivity contribution in [2.24, 2.45) is 0 Å². The summed E-state index contributed by atoms with van der Waals surface area (Å²) in [5, 5.41) is 3.43. The summed E-state index contributed by atoms with van der Waals surface area (Å²) in [7, 11) is 1.75. The Bertz CT molecular complexity index is 322. The Balaban J connectivity index is 1.87. The Morgan fingerprint density at radius 1 is 1.27 bits per heavy atom. The van der Waals surface area contributed by atoms with Crippen molar-refractivity contribution in [1.82, 2.24) is 0 Å². The van der Waals surface area contributed by atoms with Gasteiger partial charge < -0.3 is 10.1 Å². The van der Waals surface area contributed by atoms with Crippen LogP contribution in [0.5, 0.6) is 0 Å². The lowest BCUT2D eigenvalue weighted by Crippen LogP contribution is -2.04. The summed E-state index contributed by atoms with van der Waals surface area (Å²) in [6, 6.07) is 6.76. The number of fused-ring (bicyclic) bond motifs is 1. The molecule has 0 amide bonds. The van der Waals surface area contributed by atoms with Gasteiger partial charge in [-0.3, -0.25) is 0 Å². The molecule has 0 saturated heterocycles. The fraction of sp³-hybridized carbons (Fsp3) is 0.538. The first-order chi connectivity index (χ1) is 7.40. The number of hydrogen-bond acceptors (Lipinski definition) is 2. The van der Waals surface area contributed by atoms with Crippen LogP contribution in [-0.4, -0.2) is 20.3 Å². The summed E-state index contributed by atoms with van der Waals surface area (Å²) in [4.78, 5) is 0. The molecule has 1 aliphatic carbocycles. The average Bonchev–Trinajstić information content (AvgIpc) is 2.71. The lowest BCUT2D eigenvalue weighted by Gasteiger charge is -2.08. The topological polar surface area (TPSA) is 21.3 Å². The number of hydrogen-bond donors (Lipinski definition) is 1. The zero-order valence-corrected chi connectivity index (χ0v) is 9.38. The molecule has 0 aliphatic heterocycles. The normalized spacial score (nSPS) is 13.9. The quantitative estimate of drug-likeness (QED) is 0.746. The van der Waals surface area contributed by atoms with Gasteiger partial charge in [-0.05, 0) is 48.9 Å². The fourth-order valence-electron chi connectivity index (χ4n) is 2.13. The fourth-order valence-corrected chi connectivity index (χ4v) is 2.13. The molecule has 1 aromatic carbocycles. The first-order valence-electron chi connectivity index (χ1n) is 5.75. The molecule has 0 fully saturated rings. The number of rotatable bonds is 5. The molecule has 15 heavy (non-hydrogen) atoms. The van der Waals surface area contributed by atoms with E-state index in [-0.39, 0.29) is 0 Å². The van der Waals surface area contributed by atoms with Gasteiger partial charge in [-0.1, -0.05) is 6.07 Å². The van der Waals surface area contributed by atoms with Gasteiger partial charge in [-0.25, -0.2) is 0 Å². The van der Waals surface area contributed by atoms with Crippen molar-refractivity contribution in [3.8, 4) is 0 Å². The summed E-state index contributed by atoms with van der Waals surface area (Å²) >= 11 is 0. The molecule has 0 heterocycles. The predicted octanol–water partition coefficient (Wildman–Crippen LogP) is 2.62. The standard InChI is InChI=1S/C13H19NO/c1-15-9-3-8-14-13-7-6-11-4-2-5-12(11)10-13/h6-7,10,14H,2-5,8-9H2,1H3. The molecule has 1 aromatic rings. The van der Waals surface area contributed by atoms with Crippen LogP contribution in [0.25, 0.3) is 0 Å². The first kappa shape index (κ1) is 10.5. The molecule has 0 radical (unpaired) electrons. The molecule has 2 heteroatoms. The highest BCUT2D eigenvalue weighted by Crippen LogP contribution is 2.24. The lowest BCUT2D eigenvalue weighted by atomic mass is 10.1. The molecule has 0 spiro atoms. The highest BCUT2D eigenvalue weighted by atomic mass is 16.5. The maximum absolute atomic E-state index is 5.01. The smallest absolute Gasteiger partial charge is 0.0479 e. The molecule has 0 atom stereocenters. The minimum absolute atomic E-state index is 0.831. The Morgan fingerprint density at radius 3 is 3.00 bits per heavy atom. The number of nitrogens with one attached hydrogen (secondary N) is 1. The Labute approximate surface area is 91.6 Å². The van der Waals surface area contributed by atoms with Gasteiger partial charge in [0.1, 0.15) is 0 Å². The summed E-state index contributed by atoms with van der Waals surface area (Å²) in [5.41, 5.74) is 4.33. The van der Waals surface area contributed by atoms with E-state index >= 15 is 0 Å². The van der Waals surface area contributed by atoms with Crippen LogP contribution in [0.1, 0.15) is 24.0 Å². The summed E-state index contributed by atoms with van der Waals surface area (Å²) in [6.45, 7) is 1.82. The Hall–Kier alpha value is -1.02. The van der Waals surface area contributed by atoms with Gasteiger partial charge >= 0.3 is 0 Å². The van der Waals surface area contributed by atoms with Gasteiger partial charge in [-0.15, -0.1) is 0 Å². The van der Waals surface area contributed by atoms with Gasteiger partial charge in [-0.2, -0.15) is 0 Å². The minimum atomic E-state index is 0.831. The number of methoxy groups -OCH3 is 1. The van der Waals surface area contributed by atoms with E-state index in [2.05, 4.69) is 23.5 Å². The zero-order chi connectivity index (χ0) is 10.5. The second-order valence-electron chi connectivity index (χ2n) is 4.11. The van der Waals surface area contributed by atoms with Crippen LogP contribution in [0.4, 0.5) is 5.69 Å². The van der Waals surface area contributed by atoms with Crippen molar-refractivity contribution in [2.75, 3.05) is 25.6 Å². The molecule has 1 N–H and O–H groups in total. The van der Waals surface area contributed by atoms with Crippen molar-refractivity contribution < 1.29 is 4.74 Å². The predicted molar refractivity (Wildman–Crippen MR) is 63.4 cm³/mol. The van der Waals surface area contributed by atoms with Crippen LogP contribution in [0.2, 0.25) is 0 Å². The van der Waals surface area contributed by atoms with Crippen molar-refractivity contribution in [3.63, 3.8) is 0 Å². The van der Waals surface area contributed by atoms with E-state index in [1.54, 1.807) is 7.11 Å². The molecule has 0 unspecified atom stereocenters. The van der Waals surface area contributed by atoms with E-state index in [0.29, 0.717) is 0 Å². The Morgan fingerprint density at radius 2 is 2.13 bits per heavy atom. The van der Waals surface area contributed by atoms with E-state index in [1.807, 2.05) is 0 Å². The van der Waals surface area contributed by atoms with Crippen LogP contribution in [0.3, 0.4) is 0 Å². The highest BCUT2D eigenvalue weighted by Gasteiger charge is 2.10. The highest BCUT2D eigenvalue weighted by molar-refractivity contribution is 5.50. The minimum Gasteiger partial charge on any atom is -0.385 e. The van der Waals surface area contributed by atoms with Crippen molar-refractivity contribution in [1.29, 1.82) is 0 Å². The van der Waals surface area contributed by atoms with E-state index in [1.165, 1.54) is 36.1 Å². The second kappa shape index (κ2) is 5.17. The third-order valence-electron chi connectivity index (χ3n) is 2.95. The molecule has 0 aromatic heterocycles. The number of ether oxygens (including phenoxy) is 1. The number of benzene rings is 1. The zero-order valence-electron chi connectivity index (χ0n) is 9.38.